The van der Waals surface area contributed by atoms with Crippen LogP contribution in [0.4, 0.5) is 0 Å². The van der Waals surface area contributed by atoms with Crippen LogP contribution < -0.4 is 5.73 Å². The summed E-state index contributed by atoms with van der Waals surface area (Å²) < 4.78 is 0. The van der Waals surface area contributed by atoms with E-state index in [0.29, 0.717) is 6.42 Å². The number of hydrogen-bond donors (Lipinski definition) is 2. The molecular formula is C5H11NO2S. The Morgan fingerprint density at radius 3 is 2.78 bits per heavy atom. The third-order valence-electron chi connectivity index (χ3n) is 0.924. The Balaban J connectivity index is 3.27. The molecule has 0 aromatic carbocycles. The third kappa shape index (κ3) is 4.29. The number of primary amides is 1. The summed E-state index contributed by atoms with van der Waals surface area (Å²) in [6.07, 6.45) is 1.40. The lowest BCUT2D eigenvalue weighted by Gasteiger charge is -2.02. The Hall–Kier alpha value is -0.220. The van der Waals surface area contributed by atoms with Crippen molar-refractivity contribution in [3.05, 3.63) is 0 Å². The molecule has 4 heteroatoms. The molecule has 0 fully saturated rings. The minimum Gasteiger partial charge on any atom is -0.383 e. The smallest absolute Gasteiger partial charge is 0.246 e. The Bertz CT molecular complexity index is 97.0. The Kier molecular flexibility index (Phi) is 4.53. The van der Waals surface area contributed by atoms with E-state index >= 15 is 0 Å². The summed E-state index contributed by atoms with van der Waals surface area (Å²) >= 11 is 1.58. The van der Waals surface area contributed by atoms with Crippen LogP contribution in [0.3, 0.4) is 0 Å². The van der Waals surface area contributed by atoms with Crippen LogP contribution in [0.2, 0.25) is 0 Å². The fourth-order valence-corrected chi connectivity index (χ4v) is 0.831. The molecule has 0 saturated heterocycles. The Morgan fingerprint density at radius 2 is 2.44 bits per heavy atom. The SMILES string of the molecule is CSCC[C@H](O)C(N)=O. The van der Waals surface area contributed by atoms with Crippen molar-refractivity contribution in [1.29, 1.82) is 0 Å². The van der Waals surface area contributed by atoms with Crippen LogP contribution in [0.15, 0.2) is 0 Å². The van der Waals surface area contributed by atoms with E-state index in [1.165, 1.54) is 0 Å². The highest BCUT2D eigenvalue weighted by Crippen LogP contribution is 1.98. The lowest BCUT2D eigenvalue weighted by molar-refractivity contribution is -0.126. The summed E-state index contributed by atoms with van der Waals surface area (Å²) in [7, 11) is 0. The average molecular weight is 149 g/mol. The maximum Gasteiger partial charge on any atom is 0.246 e. The van der Waals surface area contributed by atoms with Gasteiger partial charge >= 0.3 is 0 Å². The maximum atomic E-state index is 10.2. The highest BCUT2D eigenvalue weighted by atomic mass is 32.2. The molecule has 0 heterocycles. The van der Waals surface area contributed by atoms with Gasteiger partial charge in [-0.2, -0.15) is 11.8 Å². The van der Waals surface area contributed by atoms with Crippen molar-refractivity contribution < 1.29 is 9.90 Å². The number of hydrogen-bond acceptors (Lipinski definition) is 3. The largest absolute Gasteiger partial charge is 0.383 e. The van der Waals surface area contributed by atoms with Gasteiger partial charge in [-0.1, -0.05) is 0 Å². The predicted molar refractivity (Wildman–Crippen MR) is 38.2 cm³/mol. The van der Waals surface area contributed by atoms with Crippen molar-refractivity contribution in [1.82, 2.24) is 0 Å². The van der Waals surface area contributed by atoms with Gasteiger partial charge < -0.3 is 10.8 Å². The zero-order valence-corrected chi connectivity index (χ0v) is 6.15. The van der Waals surface area contributed by atoms with Crippen LogP contribution in [0.5, 0.6) is 0 Å². The molecule has 0 rings (SSSR count). The summed E-state index contributed by atoms with van der Waals surface area (Å²) in [6.45, 7) is 0. The van der Waals surface area contributed by atoms with Gasteiger partial charge in [-0.05, 0) is 18.4 Å². The first-order chi connectivity index (χ1) is 4.18. The summed E-state index contributed by atoms with van der Waals surface area (Å²) in [6, 6.07) is 0. The van der Waals surface area contributed by atoms with Gasteiger partial charge in [0.25, 0.3) is 0 Å². The van der Waals surface area contributed by atoms with E-state index in [9.17, 15) is 4.79 Å². The van der Waals surface area contributed by atoms with Crippen LogP contribution in [0.25, 0.3) is 0 Å². The van der Waals surface area contributed by atoms with Crippen molar-refractivity contribution >= 4 is 17.7 Å². The molecule has 3 N–H and O–H groups in total. The van der Waals surface area contributed by atoms with Crippen molar-refractivity contribution in [2.24, 2.45) is 5.73 Å². The van der Waals surface area contributed by atoms with Gasteiger partial charge in [-0.15, -0.1) is 0 Å². The predicted octanol–water partition coefficient (Wildman–Crippen LogP) is -0.414. The highest BCUT2D eigenvalue weighted by Gasteiger charge is 2.08. The number of nitrogens with two attached hydrogens (primary N) is 1. The number of aliphatic hydroxyl groups is 1. The van der Waals surface area contributed by atoms with Crippen molar-refractivity contribution in [2.45, 2.75) is 12.5 Å². The van der Waals surface area contributed by atoms with Gasteiger partial charge in [-0.25, -0.2) is 0 Å². The van der Waals surface area contributed by atoms with E-state index in [0.717, 1.165) is 5.75 Å². The van der Waals surface area contributed by atoms with E-state index in [1.54, 1.807) is 11.8 Å². The fourth-order valence-electron chi connectivity index (χ4n) is 0.372. The molecule has 9 heavy (non-hydrogen) atoms. The zero-order valence-electron chi connectivity index (χ0n) is 5.33. The molecule has 0 unspecified atom stereocenters. The summed E-state index contributed by atoms with van der Waals surface area (Å²) in [5.74, 6) is 0.133. The molecule has 0 spiro atoms. The quantitative estimate of drug-likeness (QED) is 0.571. The molecule has 54 valence electrons. The number of rotatable bonds is 4. The first-order valence-electron chi connectivity index (χ1n) is 2.64. The molecule has 3 nitrogen and oxygen atoms in total. The molecule has 0 radical (unpaired) electrons. The first kappa shape index (κ1) is 8.78. The summed E-state index contributed by atoms with van der Waals surface area (Å²) in [5.41, 5.74) is 4.78. The van der Waals surface area contributed by atoms with E-state index in [1.807, 2.05) is 6.26 Å². The van der Waals surface area contributed by atoms with Crippen molar-refractivity contribution in [3.8, 4) is 0 Å². The molecule has 0 bridgehead atoms. The lowest BCUT2D eigenvalue weighted by Crippen LogP contribution is -2.28. The van der Waals surface area contributed by atoms with Crippen LogP contribution in [0.1, 0.15) is 6.42 Å². The number of amides is 1. The maximum absolute atomic E-state index is 10.2. The van der Waals surface area contributed by atoms with Gasteiger partial charge in [0, 0.05) is 0 Å². The second-order valence-electron chi connectivity index (χ2n) is 1.70. The molecule has 0 aromatic rings. The van der Waals surface area contributed by atoms with E-state index in [4.69, 9.17) is 10.8 Å². The molecule has 0 aromatic heterocycles. The number of aliphatic hydroxyl groups excluding tert-OH is 1. The normalized spacial score (nSPS) is 13.1. The van der Waals surface area contributed by atoms with Crippen LogP contribution in [-0.2, 0) is 4.79 Å². The second kappa shape index (κ2) is 4.64. The molecular weight excluding hydrogens is 138 g/mol. The highest BCUT2D eigenvalue weighted by molar-refractivity contribution is 7.98. The van der Waals surface area contributed by atoms with Gasteiger partial charge in [0.1, 0.15) is 6.10 Å². The number of carbonyl (C=O) groups is 1. The molecule has 0 saturated carbocycles. The minimum absolute atomic E-state index is 0.455. The van der Waals surface area contributed by atoms with Gasteiger partial charge in [-0.3, -0.25) is 4.79 Å². The summed E-state index contributed by atoms with van der Waals surface area (Å²) in [4.78, 5) is 10.2. The zero-order chi connectivity index (χ0) is 7.28. The van der Waals surface area contributed by atoms with Crippen LogP contribution >= 0.6 is 11.8 Å². The molecule has 0 aliphatic carbocycles. The van der Waals surface area contributed by atoms with Crippen molar-refractivity contribution in [3.63, 3.8) is 0 Å². The molecule has 0 aliphatic heterocycles. The monoisotopic (exact) mass is 149 g/mol. The van der Waals surface area contributed by atoms with E-state index in [-0.39, 0.29) is 0 Å². The van der Waals surface area contributed by atoms with Crippen LogP contribution in [-0.4, -0.2) is 29.1 Å². The van der Waals surface area contributed by atoms with Gasteiger partial charge in [0.05, 0.1) is 0 Å². The van der Waals surface area contributed by atoms with Crippen molar-refractivity contribution in [2.75, 3.05) is 12.0 Å². The Labute approximate surface area is 58.6 Å². The Morgan fingerprint density at radius 1 is 1.89 bits per heavy atom. The van der Waals surface area contributed by atoms with Gasteiger partial charge in [0.2, 0.25) is 5.91 Å². The topological polar surface area (TPSA) is 63.3 Å². The molecule has 1 amide bonds. The first-order valence-corrected chi connectivity index (χ1v) is 4.04. The standard InChI is InChI=1S/C5H11NO2S/c1-9-3-2-4(7)5(6)8/h4,7H,2-3H2,1H3,(H2,6,8)/t4-/m0/s1. The average Bonchev–Trinajstić information content (AvgIpc) is 1.82. The second-order valence-corrected chi connectivity index (χ2v) is 2.69. The van der Waals surface area contributed by atoms with Gasteiger partial charge in [0.15, 0.2) is 0 Å². The molecule has 0 aliphatic rings. The van der Waals surface area contributed by atoms with Crippen LogP contribution in [0, 0.1) is 0 Å². The summed E-state index contributed by atoms with van der Waals surface area (Å²) in [5, 5.41) is 8.77. The fraction of sp³-hybridized carbons (Fsp3) is 0.800. The number of thioether (sulfide) groups is 1. The lowest BCUT2D eigenvalue weighted by atomic mass is 10.3. The minimum atomic E-state index is -0.961. The third-order valence-corrected chi connectivity index (χ3v) is 1.57. The van der Waals surface area contributed by atoms with E-state index in [2.05, 4.69) is 0 Å². The van der Waals surface area contributed by atoms with E-state index < -0.39 is 12.0 Å². The molecule has 1 atom stereocenters. The number of carbonyl (C=O) groups excluding carboxylic acids is 1.